The summed E-state index contributed by atoms with van der Waals surface area (Å²) in [6.07, 6.45) is 2.84. The molecule has 0 atom stereocenters. The average molecular weight is 356 g/mol. The van der Waals surface area contributed by atoms with Gasteiger partial charge in [0.25, 0.3) is 5.91 Å². The first-order valence-electron chi connectivity index (χ1n) is 7.72. The zero-order valence-electron chi connectivity index (χ0n) is 13.4. The average Bonchev–Trinajstić information content (AvgIpc) is 2.68. The normalized spacial score (nSPS) is 15.6. The number of carbonyl (C=O) groups excluding carboxylic acids is 1. The minimum Gasteiger partial charge on any atom is -0.336 e. The van der Waals surface area contributed by atoms with Gasteiger partial charge in [0.15, 0.2) is 0 Å². The molecule has 1 aromatic heterocycles. The highest BCUT2D eigenvalue weighted by Crippen LogP contribution is 2.17. The van der Waals surface area contributed by atoms with Crippen LogP contribution in [0.5, 0.6) is 0 Å². The second-order valence-electron chi connectivity index (χ2n) is 5.58. The van der Waals surface area contributed by atoms with Gasteiger partial charge in [-0.05, 0) is 30.3 Å². The first kappa shape index (κ1) is 17.1. The Hall–Kier alpha value is -2.76. The number of hydrogen-bond donors (Lipinski definition) is 0. The van der Waals surface area contributed by atoms with Gasteiger partial charge < -0.3 is 4.90 Å². The molecule has 0 saturated carbocycles. The van der Waals surface area contributed by atoms with Crippen LogP contribution in [0.3, 0.4) is 0 Å². The summed E-state index contributed by atoms with van der Waals surface area (Å²) >= 11 is 0. The Bertz CT molecular complexity index is 914. The van der Waals surface area contributed by atoms with E-state index in [1.165, 1.54) is 22.8 Å². The summed E-state index contributed by atoms with van der Waals surface area (Å²) in [7, 11) is -3.60. The van der Waals surface area contributed by atoms with E-state index in [-0.39, 0.29) is 23.9 Å². The highest BCUT2D eigenvalue weighted by atomic mass is 32.2. The largest absolute Gasteiger partial charge is 0.336 e. The number of hydrogen-bond acceptors (Lipinski definition) is 5. The predicted molar refractivity (Wildman–Crippen MR) is 90.1 cm³/mol. The maximum Gasteiger partial charge on any atom is 0.253 e. The SMILES string of the molecule is N#Cc1cccc(C(=O)N2CCN(S(=O)(=O)c3cccnc3)CC2)c1. The number of amides is 1. The van der Waals surface area contributed by atoms with Gasteiger partial charge in [0, 0.05) is 44.1 Å². The van der Waals surface area contributed by atoms with Crippen LogP contribution in [0.25, 0.3) is 0 Å². The van der Waals surface area contributed by atoms with Crippen molar-refractivity contribution in [1.82, 2.24) is 14.2 Å². The molecule has 1 fully saturated rings. The Labute approximate surface area is 146 Å². The summed E-state index contributed by atoms with van der Waals surface area (Å²) in [5.41, 5.74) is 0.853. The van der Waals surface area contributed by atoms with E-state index in [4.69, 9.17) is 5.26 Å². The maximum atomic E-state index is 12.6. The van der Waals surface area contributed by atoms with E-state index in [2.05, 4.69) is 4.98 Å². The monoisotopic (exact) mass is 356 g/mol. The van der Waals surface area contributed by atoms with Gasteiger partial charge in [0.05, 0.1) is 11.6 Å². The van der Waals surface area contributed by atoms with Gasteiger partial charge in [0.1, 0.15) is 4.90 Å². The summed E-state index contributed by atoms with van der Waals surface area (Å²) < 4.78 is 26.5. The molecule has 1 saturated heterocycles. The second-order valence-corrected chi connectivity index (χ2v) is 7.52. The third-order valence-electron chi connectivity index (χ3n) is 4.04. The van der Waals surface area contributed by atoms with Gasteiger partial charge in [-0.15, -0.1) is 0 Å². The molecule has 1 amide bonds. The first-order valence-corrected chi connectivity index (χ1v) is 9.16. The third kappa shape index (κ3) is 3.52. The molecule has 3 rings (SSSR count). The van der Waals surface area contributed by atoms with Gasteiger partial charge in [-0.2, -0.15) is 9.57 Å². The van der Waals surface area contributed by atoms with E-state index in [1.807, 2.05) is 6.07 Å². The van der Waals surface area contributed by atoms with Crippen molar-refractivity contribution in [1.29, 1.82) is 5.26 Å². The molecule has 1 aliphatic rings. The molecular weight excluding hydrogens is 340 g/mol. The first-order chi connectivity index (χ1) is 12.0. The molecule has 0 spiro atoms. The molecule has 0 aliphatic carbocycles. The summed E-state index contributed by atoms with van der Waals surface area (Å²) in [5.74, 6) is -0.199. The highest BCUT2D eigenvalue weighted by Gasteiger charge is 2.30. The summed E-state index contributed by atoms with van der Waals surface area (Å²) in [6, 6.07) is 11.6. The molecule has 2 aromatic rings. The van der Waals surface area contributed by atoms with Crippen LogP contribution in [0.4, 0.5) is 0 Å². The van der Waals surface area contributed by atoms with Crippen LogP contribution >= 0.6 is 0 Å². The Kier molecular flexibility index (Phi) is 4.79. The van der Waals surface area contributed by atoms with E-state index in [9.17, 15) is 13.2 Å². The minimum absolute atomic E-state index is 0.150. The molecule has 25 heavy (non-hydrogen) atoms. The Morgan fingerprint density at radius 3 is 2.52 bits per heavy atom. The van der Waals surface area contributed by atoms with E-state index < -0.39 is 10.0 Å². The lowest BCUT2D eigenvalue weighted by atomic mass is 10.1. The second kappa shape index (κ2) is 7.01. The quantitative estimate of drug-likeness (QED) is 0.821. The van der Waals surface area contributed by atoms with Crippen molar-refractivity contribution >= 4 is 15.9 Å². The van der Waals surface area contributed by atoms with Crippen LogP contribution < -0.4 is 0 Å². The zero-order chi connectivity index (χ0) is 17.9. The van der Waals surface area contributed by atoms with E-state index in [0.717, 1.165) is 0 Å². The lowest BCUT2D eigenvalue weighted by molar-refractivity contribution is 0.0698. The summed E-state index contributed by atoms with van der Waals surface area (Å²) in [6.45, 7) is 1.05. The maximum absolute atomic E-state index is 12.6. The van der Waals surface area contributed by atoms with Crippen molar-refractivity contribution in [2.24, 2.45) is 0 Å². The fraction of sp³-hybridized carbons (Fsp3) is 0.235. The molecule has 0 unspecified atom stereocenters. The van der Waals surface area contributed by atoms with Gasteiger partial charge in [-0.25, -0.2) is 8.42 Å². The number of nitrogens with zero attached hydrogens (tertiary/aromatic N) is 4. The van der Waals surface area contributed by atoms with Crippen molar-refractivity contribution in [3.05, 3.63) is 59.9 Å². The fourth-order valence-electron chi connectivity index (χ4n) is 2.68. The minimum atomic E-state index is -3.60. The van der Waals surface area contributed by atoms with Crippen LogP contribution in [0, 0.1) is 11.3 Å². The van der Waals surface area contributed by atoms with Crippen molar-refractivity contribution in [2.45, 2.75) is 4.90 Å². The Balaban J connectivity index is 1.70. The number of sulfonamides is 1. The molecule has 7 nitrogen and oxygen atoms in total. The van der Waals surface area contributed by atoms with E-state index in [1.54, 1.807) is 35.2 Å². The van der Waals surface area contributed by atoms with Crippen molar-refractivity contribution in [2.75, 3.05) is 26.2 Å². The summed E-state index contributed by atoms with van der Waals surface area (Å²) in [5, 5.41) is 8.93. The Morgan fingerprint density at radius 2 is 1.88 bits per heavy atom. The fourth-order valence-corrected chi connectivity index (χ4v) is 4.07. The lowest BCUT2D eigenvalue weighted by Gasteiger charge is -2.34. The number of aromatic nitrogens is 1. The molecule has 0 bridgehead atoms. The molecule has 8 heteroatoms. The van der Waals surface area contributed by atoms with E-state index in [0.29, 0.717) is 24.2 Å². The van der Waals surface area contributed by atoms with Crippen LogP contribution in [-0.4, -0.2) is 54.7 Å². The van der Waals surface area contributed by atoms with E-state index >= 15 is 0 Å². The van der Waals surface area contributed by atoms with Gasteiger partial charge >= 0.3 is 0 Å². The van der Waals surface area contributed by atoms with Gasteiger partial charge in [-0.1, -0.05) is 6.07 Å². The summed E-state index contributed by atoms with van der Waals surface area (Å²) in [4.78, 5) is 18.1. The number of rotatable bonds is 3. The molecule has 0 radical (unpaired) electrons. The zero-order valence-corrected chi connectivity index (χ0v) is 14.2. The molecule has 128 valence electrons. The molecule has 1 aliphatic heterocycles. The van der Waals surface area contributed by atoms with Gasteiger partial charge in [-0.3, -0.25) is 9.78 Å². The topological polar surface area (TPSA) is 94.4 Å². The van der Waals surface area contributed by atoms with Crippen molar-refractivity contribution in [3.8, 4) is 6.07 Å². The number of pyridine rings is 1. The molecule has 1 aromatic carbocycles. The van der Waals surface area contributed by atoms with Crippen molar-refractivity contribution in [3.63, 3.8) is 0 Å². The lowest BCUT2D eigenvalue weighted by Crippen LogP contribution is -2.50. The molecule has 2 heterocycles. The number of benzene rings is 1. The molecule has 0 N–H and O–H groups in total. The van der Waals surface area contributed by atoms with Gasteiger partial charge in [0.2, 0.25) is 10.0 Å². The Morgan fingerprint density at radius 1 is 1.12 bits per heavy atom. The predicted octanol–water partition coefficient (Wildman–Crippen LogP) is 1.10. The number of carbonyl (C=O) groups is 1. The van der Waals surface area contributed by atoms with Crippen molar-refractivity contribution < 1.29 is 13.2 Å². The number of piperazine rings is 1. The van der Waals surface area contributed by atoms with Crippen LogP contribution in [-0.2, 0) is 10.0 Å². The highest BCUT2D eigenvalue weighted by molar-refractivity contribution is 7.89. The molecular formula is C17H16N4O3S. The third-order valence-corrected chi connectivity index (χ3v) is 5.92. The van der Waals surface area contributed by atoms with Crippen LogP contribution in [0.1, 0.15) is 15.9 Å². The van der Waals surface area contributed by atoms with Crippen LogP contribution in [0.2, 0.25) is 0 Å². The smallest absolute Gasteiger partial charge is 0.253 e. The standard InChI is InChI=1S/C17H16N4O3S/c18-12-14-3-1-4-15(11-14)17(22)20-7-9-21(10-8-20)25(23,24)16-5-2-6-19-13-16/h1-6,11,13H,7-10H2. The number of nitriles is 1. The van der Waals surface area contributed by atoms with Crippen LogP contribution in [0.15, 0.2) is 53.7 Å².